The Labute approximate surface area is 242 Å². The van der Waals surface area contributed by atoms with Crippen molar-refractivity contribution in [2.75, 3.05) is 40.5 Å². The molecule has 1 aliphatic rings. The molecule has 0 bridgehead atoms. The van der Waals surface area contributed by atoms with Crippen LogP contribution in [0.25, 0.3) is 0 Å². The quantitative estimate of drug-likeness (QED) is 0.185. The van der Waals surface area contributed by atoms with Crippen LogP contribution in [0, 0.1) is 5.92 Å². The first-order valence-electron chi connectivity index (χ1n) is 13.1. The van der Waals surface area contributed by atoms with Crippen molar-refractivity contribution in [3.63, 3.8) is 0 Å². The fourth-order valence-electron chi connectivity index (χ4n) is 5.00. The van der Waals surface area contributed by atoms with Crippen LogP contribution in [-0.4, -0.2) is 89.4 Å². The summed E-state index contributed by atoms with van der Waals surface area (Å²) in [7, 11) is 7.26. The molecule has 10 nitrogen and oxygen atoms in total. The number of aromatic hydroxyl groups is 2. The first-order chi connectivity index (χ1) is 19.3. The summed E-state index contributed by atoms with van der Waals surface area (Å²) in [5.74, 6) is 0.306. The van der Waals surface area contributed by atoms with Crippen LogP contribution in [0.1, 0.15) is 41.2 Å². The third kappa shape index (κ3) is 8.25. The van der Waals surface area contributed by atoms with Crippen molar-refractivity contribution in [3.8, 4) is 28.7 Å². The molecule has 2 aromatic rings. The Morgan fingerprint density at radius 3 is 2.17 bits per heavy atom. The Morgan fingerprint density at radius 1 is 0.900 bits per heavy atom. The van der Waals surface area contributed by atoms with E-state index in [0.717, 1.165) is 11.1 Å². The number of benzene rings is 2. The maximum Gasteiger partial charge on any atom is 0.200 e. The molecule has 0 amide bonds. The lowest BCUT2D eigenvalue weighted by molar-refractivity contribution is -0.0808. The lowest BCUT2D eigenvalue weighted by Crippen LogP contribution is -2.38. The summed E-state index contributed by atoms with van der Waals surface area (Å²) in [6.45, 7) is -0.587. The molecule has 1 aliphatic heterocycles. The van der Waals surface area contributed by atoms with E-state index in [2.05, 4.69) is 0 Å². The SMILES string of the molecule is COc1cc2c(cc1O)C(CCO)SSCC(O)C(Cc1cc(OC)c(O)c(OC)c1)C(O)CC(OCO)CC2. The first kappa shape index (κ1) is 32.5. The number of hydrogen-bond acceptors (Lipinski definition) is 12. The molecular formula is C28H40O10S2. The van der Waals surface area contributed by atoms with Crippen molar-refractivity contribution in [2.24, 2.45) is 5.92 Å². The Balaban J connectivity index is 1.96. The van der Waals surface area contributed by atoms with Gasteiger partial charge < -0.3 is 49.6 Å². The highest BCUT2D eigenvalue weighted by molar-refractivity contribution is 8.76. The number of rotatable bonds is 9. The van der Waals surface area contributed by atoms with Crippen LogP contribution in [0.4, 0.5) is 0 Å². The van der Waals surface area contributed by atoms with E-state index in [4.69, 9.17) is 18.9 Å². The Bertz CT molecular complexity index is 1060. The summed E-state index contributed by atoms with van der Waals surface area (Å²) >= 11 is 0. The molecular weight excluding hydrogens is 560 g/mol. The lowest BCUT2D eigenvalue weighted by Gasteiger charge is -2.30. The summed E-state index contributed by atoms with van der Waals surface area (Å²) in [4.78, 5) is 0. The summed E-state index contributed by atoms with van der Waals surface area (Å²) in [5.41, 5.74) is 2.45. The van der Waals surface area contributed by atoms with Crippen LogP contribution in [-0.2, 0) is 17.6 Å². The van der Waals surface area contributed by atoms with Crippen LogP contribution in [0.3, 0.4) is 0 Å². The van der Waals surface area contributed by atoms with Crippen molar-refractivity contribution in [1.82, 2.24) is 0 Å². The van der Waals surface area contributed by atoms with E-state index in [1.807, 2.05) is 0 Å². The number of fused-ring (bicyclic) bond motifs is 1. The highest BCUT2D eigenvalue weighted by atomic mass is 33.1. The molecule has 224 valence electrons. The third-order valence-corrected chi connectivity index (χ3v) is 10.0. The fraction of sp³-hybridized carbons (Fsp3) is 0.571. The smallest absolute Gasteiger partial charge is 0.200 e. The number of aryl methyl sites for hydroxylation is 1. The molecule has 0 radical (unpaired) electrons. The van der Waals surface area contributed by atoms with Crippen LogP contribution in [0.2, 0.25) is 0 Å². The number of aliphatic hydroxyl groups is 4. The molecule has 0 saturated heterocycles. The maximum atomic E-state index is 11.4. The van der Waals surface area contributed by atoms with Gasteiger partial charge in [0.1, 0.15) is 6.79 Å². The van der Waals surface area contributed by atoms with Gasteiger partial charge in [-0.1, -0.05) is 21.6 Å². The minimum Gasteiger partial charge on any atom is -0.504 e. The van der Waals surface area contributed by atoms with Gasteiger partial charge >= 0.3 is 0 Å². The van der Waals surface area contributed by atoms with Crippen molar-refractivity contribution in [2.45, 2.75) is 55.7 Å². The number of hydrogen-bond donors (Lipinski definition) is 6. The molecule has 3 rings (SSSR count). The highest BCUT2D eigenvalue weighted by Gasteiger charge is 2.32. The molecule has 0 fully saturated rings. The zero-order valence-electron chi connectivity index (χ0n) is 23.0. The molecule has 0 aliphatic carbocycles. The maximum absolute atomic E-state index is 11.4. The van der Waals surface area contributed by atoms with E-state index in [1.165, 1.54) is 42.9 Å². The van der Waals surface area contributed by atoms with Crippen molar-refractivity contribution >= 4 is 21.6 Å². The predicted molar refractivity (Wildman–Crippen MR) is 154 cm³/mol. The van der Waals surface area contributed by atoms with Crippen LogP contribution < -0.4 is 14.2 Å². The van der Waals surface area contributed by atoms with Crippen molar-refractivity contribution in [1.29, 1.82) is 0 Å². The summed E-state index contributed by atoms with van der Waals surface area (Å²) in [6.07, 6.45) is -0.610. The Hall–Kier alpha value is -2.06. The lowest BCUT2D eigenvalue weighted by atomic mass is 9.85. The van der Waals surface area contributed by atoms with Crippen LogP contribution in [0.15, 0.2) is 24.3 Å². The molecule has 40 heavy (non-hydrogen) atoms. The van der Waals surface area contributed by atoms with Gasteiger partial charge in [0.05, 0.1) is 39.6 Å². The average Bonchev–Trinajstić information content (AvgIpc) is 2.95. The van der Waals surface area contributed by atoms with Gasteiger partial charge in [0.2, 0.25) is 5.75 Å². The van der Waals surface area contributed by atoms with Gasteiger partial charge in [0.25, 0.3) is 0 Å². The molecule has 12 heteroatoms. The number of ether oxygens (including phenoxy) is 4. The topological polar surface area (TPSA) is 158 Å². The monoisotopic (exact) mass is 600 g/mol. The second kappa shape index (κ2) is 15.8. The molecule has 2 aromatic carbocycles. The van der Waals surface area contributed by atoms with Crippen molar-refractivity contribution in [3.05, 3.63) is 41.0 Å². The molecule has 5 unspecified atom stereocenters. The van der Waals surface area contributed by atoms with E-state index in [1.54, 1.807) is 24.3 Å². The van der Waals surface area contributed by atoms with Crippen LogP contribution in [0.5, 0.6) is 28.7 Å². The minimum absolute atomic E-state index is 0.00228. The zero-order chi connectivity index (χ0) is 29.2. The number of aliphatic hydroxyl groups excluding tert-OH is 4. The van der Waals surface area contributed by atoms with Gasteiger partial charge in [-0.15, -0.1) is 0 Å². The molecule has 0 saturated carbocycles. The molecule has 0 spiro atoms. The molecule has 0 aromatic heterocycles. The highest BCUT2D eigenvalue weighted by Crippen LogP contribution is 2.46. The van der Waals surface area contributed by atoms with Gasteiger partial charge in [-0.05, 0) is 73.1 Å². The molecule has 6 N–H and O–H groups in total. The summed E-state index contributed by atoms with van der Waals surface area (Å²) in [5, 5.41) is 62.6. The Morgan fingerprint density at radius 2 is 1.57 bits per heavy atom. The molecule has 1 heterocycles. The minimum atomic E-state index is -0.981. The van der Waals surface area contributed by atoms with Gasteiger partial charge in [0.15, 0.2) is 23.0 Å². The van der Waals surface area contributed by atoms with E-state index < -0.39 is 31.0 Å². The van der Waals surface area contributed by atoms with Gasteiger partial charge in [-0.25, -0.2) is 0 Å². The predicted octanol–water partition coefficient (Wildman–Crippen LogP) is 3.18. The second-order valence-electron chi connectivity index (χ2n) is 9.65. The third-order valence-electron chi connectivity index (χ3n) is 7.15. The van der Waals surface area contributed by atoms with Gasteiger partial charge in [-0.3, -0.25) is 0 Å². The summed E-state index contributed by atoms with van der Waals surface area (Å²) in [6, 6.07) is 6.73. The number of methoxy groups -OCH3 is 3. The van der Waals surface area contributed by atoms with Gasteiger partial charge in [-0.2, -0.15) is 0 Å². The Kier molecular flexibility index (Phi) is 12.8. The molecule has 5 atom stereocenters. The van der Waals surface area contributed by atoms with Crippen LogP contribution >= 0.6 is 21.6 Å². The van der Waals surface area contributed by atoms with Gasteiger partial charge in [0, 0.05) is 23.5 Å². The number of phenols is 2. The van der Waals surface area contributed by atoms with Crippen molar-refractivity contribution < 1.29 is 49.6 Å². The first-order valence-corrected chi connectivity index (χ1v) is 15.5. The number of phenolic OH excluding ortho intramolecular Hbond substituents is 2. The summed E-state index contributed by atoms with van der Waals surface area (Å²) < 4.78 is 21.5. The van der Waals surface area contributed by atoms with E-state index in [9.17, 15) is 30.6 Å². The largest absolute Gasteiger partial charge is 0.504 e. The normalized spacial score (nSPS) is 24.2. The zero-order valence-corrected chi connectivity index (χ0v) is 24.6. The van der Waals surface area contributed by atoms with E-state index >= 15 is 0 Å². The van der Waals surface area contributed by atoms with E-state index in [-0.39, 0.29) is 53.4 Å². The second-order valence-corrected chi connectivity index (χ2v) is 12.3. The fourth-order valence-corrected chi connectivity index (χ4v) is 7.90. The van der Waals surface area contributed by atoms with E-state index in [0.29, 0.717) is 30.6 Å². The standard InChI is InChI=1S/C28H40O10S2/c1-35-24-11-17-4-5-18(38-15-30)12-21(31)20(8-16-9-25(36-2)28(34)26(10-16)37-3)23(33)14-39-40-27(6-7-29)19(17)13-22(24)32/h9-11,13,18,20-21,23,27,29-34H,4-8,12,14-15H2,1-3H3. The average molecular weight is 601 g/mol.